The van der Waals surface area contributed by atoms with Gasteiger partial charge in [0.15, 0.2) is 5.16 Å². The molecule has 5 rings (SSSR count). The average Bonchev–Trinajstić information content (AvgIpc) is 3.33. The highest BCUT2D eigenvalue weighted by molar-refractivity contribution is 7.99. The van der Waals surface area contributed by atoms with Crippen LogP contribution in [0.2, 0.25) is 0 Å². The Morgan fingerprint density at radius 3 is 2.77 bits per heavy atom. The molecule has 0 saturated heterocycles. The molecule has 9 heteroatoms. The van der Waals surface area contributed by atoms with Gasteiger partial charge in [0, 0.05) is 23.7 Å². The Morgan fingerprint density at radius 2 is 2.00 bits per heavy atom. The van der Waals surface area contributed by atoms with Crippen molar-refractivity contribution in [3.63, 3.8) is 0 Å². The van der Waals surface area contributed by atoms with Crippen LogP contribution in [0.1, 0.15) is 16.9 Å². The lowest BCUT2D eigenvalue weighted by molar-refractivity contribution is 0.318. The van der Waals surface area contributed by atoms with Gasteiger partial charge in [-0.2, -0.15) is 0 Å². The number of hydrogen-bond acceptors (Lipinski definition) is 7. The fourth-order valence-electron chi connectivity index (χ4n) is 4.13. The van der Waals surface area contributed by atoms with Gasteiger partial charge >= 0.3 is 0 Å². The lowest BCUT2D eigenvalue weighted by Crippen LogP contribution is -2.27. The first-order valence-corrected chi connectivity index (χ1v) is 12.3. The number of rotatable bonds is 6. The van der Waals surface area contributed by atoms with E-state index in [2.05, 4.69) is 45.5 Å². The quantitative estimate of drug-likeness (QED) is 0.330. The fraction of sp³-hybridized carbons (Fsp3) is 0.409. The Morgan fingerprint density at radius 1 is 1.19 bits per heavy atom. The van der Waals surface area contributed by atoms with Crippen LogP contribution in [0.25, 0.3) is 21.7 Å². The first-order valence-electron chi connectivity index (χ1n) is 10.5. The summed E-state index contributed by atoms with van der Waals surface area (Å²) >= 11 is 3.43. The van der Waals surface area contributed by atoms with Crippen molar-refractivity contribution in [1.82, 2.24) is 29.0 Å². The van der Waals surface area contributed by atoms with E-state index in [1.807, 2.05) is 30.3 Å². The second kappa shape index (κ2) is 8.38. The van der Waals surface area contributed by atoms with Crippen molar-refractivity contribution in [2.75, 3.05) is 40.0 Å². The van der Waals surface area contributed by atoms with E-state index >= 15 is 0 Å². The minimum absolute atomic E-state index is 0.00677. The molecule has 31 heavy (non-hydrogen) atoms. The number of likely N-dealkylation sites (N-methyl/N-ethyl adjacent to an activating group) is 1. The van der Waals surface area contributed by atoms with Crippen molar-refractivity contribution in [3.05, 3.63) is 51.1 Å². The van der Waals surface area contributed by atoms with Crippen LogP contribution < -0.4 is 5.56 Å². The number of benzene rings is 1. The minimum atomic E-state index is 0.00677. The predicted octanol–water partition coefficient (Wildman–Crippen LogP) is 3.13. The molecule has 3 aromatic heterocycles. The molecule has 0 amide bonds. The highest BCUT2D eigenvalue weighted by Crippen LogP contribution is 2.35. The number of aromatic nitrogens is 4. The average molecular weight is 455 g/mol. The topological polar surface area (TPSA) is 58.7 Å². The molecule has 0 radical (unpaired) electrons. The van der Waals surface area contributed by atoms with Crippen molar-refractivity contribution in [3.8, 4) is 5.69 Å². The molecule has 0 fully saturated rings. The summed E-state index contributed by atoms with van der Waals surface area (Å²) in [6.45, 7) is 2.89. The van der Waals surface area contributed by atoms with Gasteiger partial charge in [-0.1, -0.05) is 30.0 Å². The first-order chi connectivity index (χ1) is 15.0. The van der Waals surface area contributed by atoms with Crippen molar-refractivity contribution >= 4 is 39.1 Å². The predicted molar refractivity (Wildman–Crippen MR) is 128 cm³/mol. The minimum Gasteiger partial charge on any atom is -0.309 e. The van der Waals surface area contributed by atoms with E-state index in [9.17, 15) is 4.79 Å². The van der Waals surface area contributed by atoms with Crippen molar-refractivity contribution in [1.29, 1.82) is 0 Å². The van der Waals surface area contributed by atoms with Crippen LogP contribution in [0.4, 0.5) is 0 Å². The Bertz CT molecular complexity index is 1290. The molecule has 7 nitrogen and oxygen atoms in total. The number of fused-ring (bicyclic) bond motifs is 5. The SMILES string of the molecule is CN(C)CCCSc1nnc2n(-c3ccccc3)c(=O)c3c4c(sc3n12)CN(C)CC4. The molecule has 0 aliphatic carbocycles. The zero-order chi connectivity index (χ0) is 21.5. The van der Waals surface area contributed by atoms with Crippen LogP contribution in [0.3, 0.4) is 0 Å². The van der Waals surface area contributed by atoms with Crippen molar-refractivity contribution in [2.45, 2.75) is 24.5 Å². The Hall–Kier alpha value is -2.20. The summed E-state index contributed by atoms with van der Waals surface area (Å²) in [7, 11) is 6.31. The third-order valence-electron chi connectivity index (χ3n) is 5.66. The summed E-state index contributed by atoms with van der Waals surface area (Å²) < 4.78 is 3.83. The summed E-state index contributed by atoms with van der Waals surface area (Å²) in [4.78, 5) is 20.5. The van der Waals surface area contributed by atoms with Crippen LogP contribution in [0.5, 0.6) is 0 Å². The van der Waals surface area contributed by atoms with Crippen LogP contribution in [-0.2, 0) is 13.0 Å². The normalized spacial score (nSPS) is 14.7. The molecule has 1 aromatic carbocycles. The van der Waals surface area contributed by atoms with E-state index in [4.69, 9.17) is 0 Å². The summed E-state index contributed by atoms with van der Waals surface area (Å²) in [6.07, 6.45) is 1.97. The Labute approximate surface area is 189 Å². The van der Waals surface area contributed by atoms with Gasteiger partial charge in [-0.3, -0.25) is 4.79 Å². The highest BCUT2D eigenvalue weighted by Gasteiger charge is 2.26. The lowest BCUT2D eigenvalue weighted by atomic mass is 10.1. The molecule has 4 aromatic rings. The molecule has 0 saturated carbocycles. The molecule has 0 bridgehead atoms. The van der Waals surface area contributed by atoms with Crippen molar-refractivity contribution < 1.29 is 0 Å². The van der Waals surface area contributed by atoms with E-state index in [0.29, 0.717) is 5.78 Å². The number of thiophene rings is 1. The van der Waals surface area contributed by atoms with E-state index in [1.165, 1.54) is 10.4 Å². The van der Waals surface area contributed by atoms with Crippen LogP contribution in [-0.4, -0.2) is 69.0 Å². The van der Waals surface area contributed by atoms with Crippen molar-refractivity contribution in [2.24, 2.45) is 0 Å². The molecule has 0 spiro atoms. The summed E-state index contributed by atoms with van der Waals surface area (Å²) in [5, 5.41) is 10.7. The second-order valence-corrected chi connectivity index (χ2v) is 10.4. The molecule has 0 atom stereocenters. The van der Waals surface area contributed by atoms with Gasteiger partial charge < -0.3 is 9.80 Å². The van der Waals surface area contributed by atoms with Crippen LogP contribution >= 0.6 is 23.1 Å². The summed E-state index contributed by atoms with van der Waals surface area (Å²) in [6, 6.07) is 9.78. The molecular weight excluding hydrogens is 428 g/mol. The zero-order valence-electron chi connectivity index (χ0n) is 18.0. The second-order valence-electron chi connectivity index (χ2n) is 8.27. The van der Waals surface area contributed by atoms with Gasteiger partial charge in [-0.15, -0.1) is 21.5 Å². The summed E-state index contributed by atoms with van der Waals surface area (Å²) in [5.41, 5.74) is 2.03. The maximum absolute atomic E-state index is 13.8. The standard InChI is InChI=1S/C22H26N6OS2/c1-25(2)11-7-13-30-22-24-23-21-27(15-8-5-4-6-9-15)19(29)18-16-10-12-26(3)14-17(16)31-20(18)28(21)22/h4-6,8-9H,7,10-14H2,1-3H3. The third kappa shape index (κ3) is 3.69. The van der Waals surface area contributed by atoms with Gasteiger partial charge in [-0.05, 0) is 58.2 Å². The first kappa shape index (κ1) is 20.7. The van der Waals surface area contributed by atoms with Gasteiger partial charge in [0.1, 0.15) is 4.83 Å². The van der Waals surface area contributed by atoms with Crippen LogP contribution in [0, 0.1) is 0 Å². The highest BCUT2D eigenvalue weighted by atomic mass is 32.2. The van der Waals surface area contributed by atoms with Gasteiger partial charge in [-0.25, -0.2) is 8.97 Å². The zero-order valence-corrected chi connectivity index (χ0v) is 19.7. The smallest absolute Gasteiger partial charge is 0.268 e. The molecule has 1 aliphatic heterocycles. The maximum Gasteiger partial charge on any atom is 0.268 e. The van der Waals surface area contributed by atoms with Crippen LogP contribution in [0.15, 0.2) is 40.3 Å². The molecule has 0 N–H and O–H groups in total. The Kier molecular flexibility index (Phi) is 5.60. The molecule has 1 aliphatic rings. The molecule has 162 valence electrons. The van der Waals surface area contributed by atoms with E-state index in [1.54, 1.807) is 27.7 Å². The number of para-hydroxylation sites is 1. The van der Waals surface area contributed by atoms with E-state index in [0.717, 1.165) is 59.3 Å². The van der Waals surface area contributed by atoms with Gasteiger partial charge in [0.25, 0.3) is 5.56 Å². The van der Waals surface area contributed by atoms with E-state index < -0.39 is 0 Å². The lowest BCUT2D eigenvalue weighted by Gasteiger charge is -2.21. The van der Waals surface area contributed by atoms with Gasteiger partial charge in [0.2, 0.25) is 5.78 Å². The maximum atomic E-state index is 13.8. The monoisotopic (exact) mass is 454 g/mol. The molecule has 4 heterocycles. The summed E-state index contributed by atoms with van der Waals surface area (Å²) in [5.74, 6) is 1.55. The van der Waals surface area contributed by atoms with Gasteiger partial charge in [0.05, 0.1) is 11.1 Å². The number of hydrogen-bond donors (Lipinski definition) is 0. The number of nitrogens with zero attached hydrogens (tertiary/aromatic N) is 6. The Balaban J connectivity index is 1.73. The molecular formula is C22H26N6OS2. The number of thioether (sulfide) groups is 1. The third-order valence-corrected chi connectivity index (χ3v) is 7.88. The largest absolute Gasteiger partial charge is 0.309 e. The van der Waals surface area contributed by atoms with E-state index in [-0.39, 0.29) is 5.56 Å². The molecule has 0 unspecified atom stereocenters. The fourth-order valence-corrected chi connectivity index (χ4v) is 6.46.